The van der Waals surface area contributed by atoms with Crippen LogP contribution < -0.4 is 4.90 Å². The molecule has 5 aromatic heterocycles. The van der Waals surface area contributed by atoms with Crippen LogP contribution in [0.5, 0.6) is 0 Å². The van der Waals surface area contributed by atoms with E-state index in [-0.39, 0.29) is 0 Å². The van der Waals surface area contributed by atoms with Crippen LogP contribution in [0.25, 0.3) is 89.4 Å². The van der Waals surface area contributed by atoms with Crippen LogP contribution in [0.2, 0.25) is 0 Å². The lowest BCUT2D eigenvalue weighted by Crippen LogP contribution is -2.17. The predicted molar refractivity (Wildman–Crippen MR) is 274 cm³/mol. The Morgan fingerprint density at radius 1 is 0.343 bits per heavy atom. The third kappa shape index (κ3) is 6.89. The van der Waals surface area contributed by atoms with E-state index in [1.165, 1.54) is 0 Å². The second-order valence-corrected chi connectivity index (χ2v) is 17.3. The molecule has 5 heterocycles. The number of nitrogens with zero attached hydrogens (tertiary/aromatic N) is 8. The number of rotatable bonds is 8. The van der Waals surface area contributed by atoms with Crippen LogP contribution in [0.1, 0.15) is 22.5 Å². The summed E-state index contributed by atoms with van der Waals surface area (Å²) in [6.07, 6.45) is 0. The Morgan fingerprint density at radius 2 is 0.716 bits per heavy atom. The minimum Gasteiger partial charge on any atom is -0.307 e. The number of fused-ring (bicyclic) bond motifs is 6. The molecule has 67 heavy (non-hydrogen) atoms. The summed E-state index contributed by atoms with van der Waals surface area (Å²) in [6.45, 7) is 8.41. The number of aryl methyl sites for hydroxylation is 4. The van der Waals surface area contributed by atoms with Crippen molar-refractivity contribution in [2.75, 3.05) is 4.90 Å². The smallest absolute Gasteiger partial charge is 0.164 e. The summed E-state index contributed by atoms with van der Waals surface area (Å²) >= 11 is 0. The Labute approximate surface area is 388 Å². The lowest BCUT2D eigenvalue weighted by molar-refractivity contribution is 1.06. The Balaban J connectivity index is 1.31. The third-order valence-electron chi connectivity index (χ3n) is 12.6. The van der Waals surface area contributed by atoms with Gasteiger partial charge in [0.25, 0.3) is 0 Å². The molecule has 0 aliphatic rings. The van der Waals surface area contributed by atoms with Gasteiger partial charge in [-0.25, -0.2) is 15.0 Å². The average Bonchev–Trinajstić information content (AvgIpc) is 3.85. The standard InChI is InChI=1S/C59H44N8/c1-37-25-29-48-46(33-37)54-50(31-27-39(3)60-54)66(48)52-35-43(59-63-57(41-17-9-5-10-18-41)62-58(64-59)42-19-11-6-12-20-42)36-53(56(52)65(44-21-13-7-14-22-44)45-23-15-8-16-24-45)67-49-30-26-38(2)34-47(49)55-51(67)32-28-40(4)61-55/h5-36H,1-4H3. The number of benzene rings is 7. The van der Waals surface area contributed by atoms with Crippen LogP contribution in [0.4, 0.5) is 17.1 Å². The SMILES string of the molecule is Cc1ccc2c(c1)c1nc(C)ccc1n2-c1cc(-c2nc(-c3ccccc3)nc(-c3ccccc3)n2)cc(-n2c3ccc(C)cc3c3nc(C)ccc32)c1N(c1ccccc1)c1ccccc1. The molecule has 0 amide bonds. The van der Waals surface area contributed by atoms with E-state index in [1.54, 1.807) is 0 Å². The Morgan fingerprint density at radius 3 is 1.13 bits per heavy atom. The summed E-state index contributed by atoms with van der Waals surface area (Å²) in [4.78, 5) is 28.7. The molecule has 0 saturated heterocycles. The largest absolute Gasteiger partial charge is 0.307 e. The Hall–Kier alpha value is -8.75. The highest BCUT2D eigenvalue weighted by Gasteiger charge is 2.29. The predicted octanol–water partition coefficient (Wildman–Crippen LogP) is 14.6. The van der Waals surface area contributed by atoms with Crippen molar-refractivity contribution in [3.8, 4) is 45.5 Å². The van der Waals surface area contributed by atoms with E-state index >= 15 is 0 Å². The zero-order valence-corrected chi connectivity index (χ0v) is 37.6. The van der Waals surface area contributed by atoms with E-state index in [9.17, 15) is 0 Å². The average molecular weight is 865 g/mol. The molecular formula is C59H44N8. The van der Waals surface area contributed by atoms with Gasteiger partial charge in [-0.1, -0.05) is 120 Å². The second-order valence-electron chi connectivity index (χ2n) is 17.3. The number of anilines is 3. The molecular weight excluding hydrogens is 821 g/mol. The maximum absolute atomic E-state index is 5.35. The summed E-state index contributed by atoms with van der Waals surface area (Å²) in [5.74, 6) is 1.72. The molecule has 0 radical (unpaired) electrons. The maximum Gasteiger partial charge on any atom is 0.164 e. The van der Waals surface area contributed by atoms with E-state index in [1.807, 2.05) is 36.4 Å². The quantitative estimate of drug-likeness (QED) is 0.151. The molecule has 0 saturated carbocycles. The van der Waals surface area contributed by atoms with E-state index in [0.717, 1.165) is 112 Å². The summed E-state index contributed by atoms with van der Waals surface area (Å²) in [5.41, 5.74) is 17.5. The molecule has 0 N–H and O–H groups in total. The van der Waals surface area contributed by atoms with Crippen molar-refractivity contribution in [2.45, 2.75) is 27.7 Å². The molecule has 320 valence electrons. The second kappa shape index (κ2) is 16.0. The summed E-state index contributed by atoms with van der Waals surface area (Å²) in [7, 11) is 0. The van der Waals surface area contributed by atoms with Gasteiger partial charge in [0, 0.05) is 50.2 Å². The molecule has 7 aromatic carbocycles. The van der Waals surface area contributed by atoms with Crippen molar-refractivity contribution in [3.63, 3.8) is 0 Å². The Bertz CT molecular complexity index is 3480. The van der Waals surface area contributed by atoms with Crippen molar-refractivity contribution in [2.24, 2.45) is 0 Å². The lowest BCUT2D eigenvalue weighted by atomic mass is 10.0. The molecule has 0 unspecified atom stereocenters. The molecule has 0 atom stereocenters. The van der Waals surface area contributed by atoms with Gasteiger partial charge < -0.3 is 14.0 Å². The molecule has 8 heteroatoms. The minimum absolute atomic E-state index is 0.545. The maximum atomic E-state index is 5.35. The Kier molecular flexibility index (Phi) is 9.53. The highest BCUT2D eigenvalue weighted by atomic mass is 15.2. The van der Waals surface area contributed by atoms with Gasteiger partial charge in [0.1, 0.15) is 0 Å². The third-order valence-corrected chi connectivity index (χ3v) is 12.6. The van der Waals surface area contributed by atoms with Gasteiger partial charge >= 0.3 is 0 Å². The first kappa shape index (κ1) is 39.8. The molecule has 12 rings (SSSR count). The van der Waals surface area contributed by atoms with E-state index < -0.39 is 0 Å². The first-order valence-corrected chi connectivity index (χ1v) is 22.6. The number of para-hydroxylation sites is 2. The van der Waals surface area contributed by atoms with Gasteiger partial charge in [-0.3, -0.25) is 9.97 Å². The summed E-state index contributed by atoms with van der Waals surface area (Å²) in [5, 5.41) is 2.15. The summed E-state index contributed by atoms with van der Waals surface area (Å²) < 4.78 is 4.77. The van der Waals surface area contributed by atoms with Crippen molar-refractivity contribution in [3.05, 3.63) is 217 Å². The van der Waals surface area contributed by atoms with Crippen LogP contribution in [0, 0.1) is 27.7 Å². The van der Waals surface area contributed by atoms with Crippen molar-refractivity contribution >= 4 is 60.9 Å². The van der Waals surface area contributed by atoms with Crippen molar-refractivity contribution in [1.82, 2.24) is 34.1 Å². The molecule has 12 aromatic rings. The first-order chi connectivity index (χ1) is 32.9. The fourth-order valence-electron chi connectivity index (χ4n) is 9.51. The highest BCUT2D eigenvalue weighted by molar-refractivity contribution is 6.11. The van der Waals surface area contributed by atoms with Crippen LogP contribution in [0.3, 0.4) is 0 Å². The van der Waals surface area contributed by atoms with Crippen LogP contribution >= 0.6 is 0 Å². The fraction of sp³-hybridized carbons (Fsp3) is 0.0678. The topological polar surface area (TPSA) is 77.5 Å². The van der Waals surface area contributed by atoms with Crippen molar-refractivity contribution in [1.29, 1.82) is 0 Å². The number of hydrogen-bond donors (Lipinski definition) is 0. The van der Waals surface area contributed by atoms with Crippen LogP contribution in [-0.4, -0.2) is 34.1 Å². The van der Waals surface area contributed by atoms with Gasteiger partial charge in [0.05, 0.1) is 50.2 Å². The van der Waals surface area contributed by atoms with Crippen LogP contribution in [-0.2, 0) is 0 Å². The van der Waals surface area contributed by atoms with Gasteiger partial charge in [0.2, 0.25) is 0 Å². The highest BCUT2D eigenvalue weighted by Crippen LogP contribution is 2.48. The zero-order valence-electron chi connectivity index (χ0n) is 37.6. The van der Waals surface area contributed by atoms with Gasteiger partial charge in [0.15, 0.2) is 17.5 Å². The molecule has 0 spiro atoms. The molecule has 0 aliphatic heterocycles. The van der Waals surface area contributed by atoms with Crippen LogP contribution in [0.15, 0.2) is 194 Å². The summed E-state index contributed by atoms with van der Waals surface area (Å²) in [6, 6.07) is 68.1. The number of hydrogen-bond acceptors (Lipinski definition) is 6. The minimum atomic E-state index is 0.545. The van der Waals surface area contributed by atoms with E-state index in [0.29, 0.717) is 17.5 Å². The fourth-order valence-corrected chi connectivity index (χ4v) is 9.51. The lowest BCUT2D eigenvalue weighted by Gasteiger charge is -2.31. The van der Waals surface area contributed by atoms with Gasteiger partial charge in [-0.15, -0.1) is 0 Å². The number of aromatic nitrogens is 7. The van der Waals surface area contributed by atoms with Gasteiger partial charge in [-0.2, -0.15) is 0 Å². The van der Waals surface area contributed by atoms with Gasteiger partial charge in [-0.05, 0) is 113 Å². The number of pyridine rings is 2. The first-order valence-electron chi connectivity index (χ1n) is 22.6. The monoisotopic (exact) mass is 864 g/mol. The molecule has 0 fully saturated rings. The van der Waals surface area contributed by atoms with E-state index in [4.69, 9.17) is 24.9 Å². The normalized spacial score (nSPS) is 11.6. The zero-order chi connectivity index (χ0) is 45.2. The molecule has 8 nitrogen and oxygen atoms in total. The van der Waals surface area contributed by atoms with E-state index in [2.05, 4.69) is 199 Å². The van der Waals surface area contributed by atoms with Crippen molar-refractivity contribution < 1.29 is 0 Å². The molecule has 0 aliphatic carbocycles. The molecule has 0 bridgehead atoms.